The second-order valence-corrected chi connectivity index (χ2v) is 9.38. The molecule has 1 N–H and O–H groups in total. The number of piperidine rings is 1. The lowest BCUT2D eigenvalue weighted by Crippen LogP contribution is -2.40. The van der Waals surface area contributed by atoms with E-state index in [9.17, 15) is 18.0 Å². The van der Waals surface area contributed by atoms with Crippen molar-refractivity contribution in [3.63, 3.8) is 0 Å². The van der Waals surface area contributed by atoms with Crippen molar-refractivity contribution in [2.45, 2.75) is 37.8 Å². The first-order chi connectivity index (χ1) is 16.8. The molecule has 5 rings (SSSR count). The lowest BCUT2D eigenvalue weighted by atomic mass is 9.89. The molecule has 0 unspecified atom stereocenters. The number of hydrogen-bond donors (Lipinski definition) is 1. The van der Waals surface area contributed by atoms with E-state index in [-0.39, 0.29) is 11.7 Å². The minimum Gasteiger partial charge on any atom is -0.359 e. The zero-order valence-electron chi connectivity index (χ0n) is 18.5. The average molecular weight is 548 g/mol. The summed E-state index contributed by atoms with van der Waals surface area (Å²) >= 11 is 3.30. The topological polar surface area (TPSA) is 88.3 Å². The van der Waals surface area contributed by atoms with Gasteiger partial charge >= 0.3 is 6.18 Å². The van der Waals surface area contributed by atoms with Crippen molar-refractivity contribution >= 4 is 33.4 Å². The first-order valence-corrected chi connectivity index (χ1v) is 11.9. The van der Waals surface area contributed by atoms with Crippen molar-refractivity contribution in [2.75, 3.05) is 18.4 Å². The van der Waals surface area contributed by atoms with E-state index >= 15 is 0 Å². The normalized spacial score (nSPS) is 16.6. The Balaban J connectivity index is 1.20. The summed E-state index contributed by atoms with van der Waals surface area (Å²) in [6.45, 7) is 1.41. The highest BCUT2D eigenvalue weighted by atomic mass is 79.9. The third-order valence-corrected chi connectivity index (χ3v) is 6.68. The number of likely N-dealkylation sites (tertiary alicyclic amines) is 1. The number of aromatic nitrogens is 4. The highest BCUT2D eigenvalue weighted by molar-refractivity contribution is 9.10. The second-order valence-electron chi connectivity index (χ2n) is 8.46. The molecule has 2 aliphatic rings. The molecule has 1 saturated heterocycles. The SMILES string of the molecule is O=C(Nc1ccc(C2CCN(C3=Nn4c(nnc4C(F)(F)F)CC3)CC2)cc1)c1ccc(Br)cn1. The van der Waals surface area contributed by atoms with Crippen LogP contribution in [-0.2, 0) is 12.6 Å². The van der Waals surface area contributed by atoms with Crippen molar-refractivity contribution in [3.05, 3.63) is 70.0 Å². The fourth-order valence-corrected chi connectivity index (χ4v) is 4.61. The minimum absolute atomic E-state index is 0.235. The predicted molar refractivity (Wildman–Crippen MR) is 126 cm³/mol. The van der Waals surface area contributed by atoms with Crippen LogP contribution in [0.1, 0.15) is 52.9 Å². The van der Waals surface area contributed by atoms with Gasteiger partial charge in [-0.2, -0.15) is 22.9 Å². The summed E-state index contributed by atoms with van der Waals surface area (Å²) in [7, 11) is 0. The Labute approximate surface area is 207 Å². The number of carbonyl (C=O) groups is 1. The number of fused-ring (bicyclic) bond motifs is 1. The van der Waals surface area contributed by atoms with Gasteiger partial charge < -0.3 is 10.2 Å². The van der Waals surface area contributed by atoms with Crippen LogP contribution in [0.5, 0.6) is 0 Å². The number of halogens is 4. The predicted octanol–water partition coefficient (Wildman–Crippen LogP) is 4.69. The molecule has 3 aromatic rings. The van der Waals surface area contributed by atoms with Crippen LogP contribution in [0.3, 0.4) is 0 Å². The van der Waals surface area contributed by atoms with Gasteiger partial charge in [-0.05, 0) is 64.5 Å². The molecule has 2 aromatic heterocycles. The Bertz CT molecular complexity index is 1250. The average Bonchev–Trinajstić information content (AvgIpc) is 3.29. The molecule has 4 heterocycles. The van der Waals surface area contributed by atoms with Gasteiger partial charge in [0.1, 0.15) is 11.5 Å². The first kappa shape index (κ1) is 23.5. The Morgan fingerprint density at radius 3 is 2.43 bits per heavy atom. The second kappa shape index (κ2) is 9.40. The molecule has 0 saturated carbocycles. The molecule has 1 amide bonds. The zero-order valence-corrected chi connectivity index (χ0v) is 20.1. The lowest BCUT2D eigenvalue weighted by molar-refractivity contribution is -0.147. The molecule has 182 valence electrons. The van der Waals surface area contributed by atoms with Crippen molar-refractivity contribution in [3.8, 4) is 0 Å². The van der Waals surface area contributed by atoms with Crippen LogP contribution in [0.2, 0.25) is 0 Å². The van der Waals surface area contributed by atoms with Gasteiger partial charge in [-0.25, -0.2) is 4.98 Å². The number of amidine groups is 1. The molecule has 0 spiro atoms. The zero-order chi connectivity index (χ0) is 24.6. The number of alkyl halides is 3. The maximum Gasteiger partial charge on any atom is 0.453 e. The number of hydrogen-bond acceptors (Lipinski definition) is 6. The molecule has 0 bridgehead atoms. The van der Waals surface area contributed by atoms with E-state index in [1.54, 1.807) is 18.3 Å². The molecule has 1 aromatic carbocycles. The van der Waals surface area contributed by atoms with Gasteiger partial charge in [0.15, 0.2) is 5.82 Å². The van der Waals surface area contributed by atoms with Gasteiger partial charge in [0.2, 0.25) is 0 Å². The molecule has 2 aliphatic heterocycles. The fourth-order valence-electron chi connectivity index (χ4n) is 4.38. The van der Waals surface area contributed by atoms with Crippen LogP contribution in [-0.4, -0.2) is 49.6 Å². The highest BCUT2D eigenvalue weighted by Crippen LogP contribution is 2.32. The molecule has 0 atom stereocenters. The van der Waals surface area contributed by atoms with Crippen molar-refractivity contribution < 1.29 is 18.0 Å². The molecular formula is C23H21BrF3N7O. The lowest BCUT2D eigenvalue weighted by Gasteiger charge is -2.35. The van der Waals surface area contributed by atoms with E-state index in [1.165, 1.54) is 0 Å². The third-order valence-electron chi connectivity index (χ3n) is 6.21. The number of pyridine rings is 1. The van der Waals surface area contributed by atoms with Crippen LogP contribution in [0.15, 0.2) is 52.2 Å². The smallest absolute Gasteiger partial charge is 0.359 e. The monoisotopic (exact) mass is 547 g/mol. The highest BCUT2D eigenvalue weighted by Gasteiger charge is 2.40. The summed E-state index contributed by atoms with van der Waals surface area (Å²) in [5.74, 6) is -0.163. The molecular weight excluding hydrogens is 527 g/mol. The van der Waals surface area contributed by atoms with Gasteiger partial charge in [-0.15, -0.1) is 10.2 Å². The van der Waals surface area contributed by atoms with Crippen LogP contribution < -0.4 is 5.32 Å². The Morgan fingerprint density at radius 2 is 1.77 bits per heavy atom. The van der Waals surface area contributed by atoms with E-state index in [0.29, 0.717) is 49.1 Å². The number of benzene rings is 1. The number of rotatable bonds is 3. The quantitative estimate of drug-likeness (QED) is 0.513. The molecule has 8 nitrogen and oxygen atoms in total. The number of carbonyl (C=O) groups excluding carboxylic acids is 1. The van der Waals surface area contributed by atoms with E-state index in [2.05, 4.69) is 46.4 Å². The van der Waals surface area contributed by atoms with Gasteiger partial charge in [0.25, 0.3) is 11.7 Å². The van der Waals surface area contributed by atoms with Crippen LogP contribution >= 0.6 is 15.9 Å². The summed E-state index contributed by atoms with van der Waals surface area (Å²) < 4.78 is 41.2. The number of amides is 1. The summed E-state index contributed by atoms with van der Waals surface area (Å²) in [4.78, 5) is 18.5. The van der Waals surface area contributed by atoms with Crippen LogP contribution in [0, 0.1) is 0 Å². The fraction of sp³-hybridized carbons (Fsp3) is 0.348. The maximum atomic E-state index is 13.2. The summed E-state index contributed by atoms with van der Waals surface area (Å²) in [6.07, 6.45) is -0.384. The number of aryl methyl sites for hydroxylation is 1. The number of nitrogens with zero attached hydrogens (tertiary/aromatic N) is 6. The van der Waals surface area contributed by atoms with Crippen LogP contribution in [0.25, 0.3) is 0 Å². The molecule has 35 heavy (non-hydrogen) atoms. The van der Waals surface area contributed by atoms with Gasteiger partial charge in [0.05, 0.1) is 0 Å². The van der Waals surface area contributed by atoms with E-state index in [4.69, 9.17) is 0 Å². The number of anilines is 1. The van der Waals surface area contributed by atoms with E-state index in [0.717, 1.165) is 27.6 Å². The van der Waals surface area contributed by atoms with Crippen molar-refractivity contribution in [1.82, 2.24) is 24.8 Å². The Morgan fingerprint density at radius 1 is 1.03 bits per heavy atom. The van der Waals surface area contributed by atoms with Gasteiger partial charge in [0, 0.05) is 42.3 Å². The summed E-state index contributed by atoms with van der Waals surface area (Å²) in [5, 5.41) is 14.0. The van der Waals surface area contributed by atoms with Gasteiger partial charge in [-0.1, -0.05) is 12.1 Å². The number of nitrogens with one attached hydrogen (secondary N) is 1. The maximum absolute atomic E-state index is 13.2. The van der Waals surface area contributed by atoms with Gasteiger partial charge in [-0.3, -0.25) is 4.79 Å². The van der Waals surface area contributed by atoms with Crippen molar-refractivity contribution in [1.29, 1.82) is 0 Å². The summed E-state index contributed by atoms with van der Waals surface area (Å²) in [5.41, 5.74) is 2.18. The summed E-state index contributed by atoms with van der Waals surface area (Å²) in [6, 6.07) is 11.2. The standard InChI is InChI=1S/C23H21BrF3N7O/c24-16-3-6-18(28-13-16)21(35)29-17-4-1-14(2-5-17)15-9-11-33(12-10-15)20-8-7-19-30-31-22(23(25,26)27)34(19)32-20/h1-6,13,15H,7-12H2,(H,29,35). The molecule has 12 heteroatoms. The van der Waals surface area contributed by atoms with E-state index in [1.807, 2.05) is 24.3 Å². The minimum atomic E-state index is -4.59. The largest absolute Gasteiger partial charge is 0.453 e. The molecule has 0 radical (unpaired) electrons. The molecule has 1 fully saturated rings. The van der Waals surface area contributed by atoms with E-state index < -0.39 is 12.0 Å². The third kappa shape index (κ3) is 5.07. The Kier molecular flexibility index (Phi) is 6.30. The van der Waals surface area contributed by atoms with Crippen molar-refractivity contribution in [2.24, 2.45) is 5.10 Å². The molecule has 0 aliphatic carbocycles. The van der Waals surface area contributed by atoms with Crippen LogP contribution in [0.4, 0.5) is 18.9 Å². The first-order valence-electron chi connectivity index (χ1n) is 11.1. The Hall–Kier alpha value is -3.28.